The van der Waals surface area contributed by atoms with Crippen molar-refractivity contribution >= 4 is 51.8 Å². The number of halogens is 2. The molecule has 120 valence electrons. The highest BCUT2D eigenvalue weighted by atomic mass is 35.5. The largest absolute Gasteiger partial charge is 0.321 e. The van der Waals surface area contributed by atoms with Crippen molar-refractivity contribution in [2.24, 2.45) is 0 Å². The van der Waals surface area contributed by atoms with Gasteiger partial charge in [-0.1, -0.05) is 47.5 Å². The van der Waals surface area contributed by atoms with E-state index < -0.39 is 5.91 Å². The van der Waals surface area contributed by atoms with Crippen molar-refractivity contribution in [3.63, 3.8) is 0 Å². The van der Waals surface area contributed by atoms with Crippen LogP contribution < -0.4 is 10.9 Å². The molecule has 1 heterocycles. The zero-order chi connectivity index (χ0) is 17.1. The summed E-state index contributed by atoms with van der Waals surface area (Å²) in [6, 6.07) is 14.1. The van der Waals surface area contributed by atoms with Gasteiger partial charge < -0.3 is 10.3 Å². The number of aromatic nitrogens is 1. The highest BCUT2D eigenvalue weighted by Crippen LogP contribution is 2.29. The first-order chi connectivity index (χ1) is 11.5. The molecule has 3 rings (SSSR count). The molecular weight excluding hydrogens is 347 g/mol. The van der Waals surface area contributed by atoms with E-state index in [-0.39, 0.29) is 10.6 Å². The fourth-order valence-electron chi connectivity index (χ4n) is 2.23. The van der Waals surface area contributed by atoms with Crippen molar-refractivity contribution < 1.29 is 4.79 Å². The maximum atomic E-state index is 12.0. The van der Waals surface area contributed by atoms with Gasteiger partial charge in [0.15, 0.2) is 0 Å². The Hall–Kier alpha value is -2.56. The van der Waals surface area contributed by atoms with Crippen LogP contribution in [-0.4, -0.2) is 10.9 Å². The molecule has 0 spiro atoms. The van der Waals surface area contributed by atoms with Gasteiger partial charge in [-0.15, -0.1) is 0 Å². The van der Waals surface area contributed by atoms with Crippen LogP contribution in [-0.2, 0) is 4.79 Å². The number of rotatable bonds is 3. The lowest BCUT2D eigenvalue weighted by molar-refractivity contribution is -0.111. The summed E-state index contributed by atoms with van der Waals surface area (Å²) >= 11 is 11.9. The number of hydrogen-bond donors (Lipinski definition) is 2. The van der Waals surface area contributed by atoms with E-state index in [1.807, 2.05) is 24.3 Å². The van der Waals surface area contributed by atoms with Crippen molar-refractivity contribution in [2.45, 2.75) is 0 Å². The number of benzene rings is 2. The van der Waals surface area contributed by atoms with Gasteiger partial charge in [-0.05, 0) is 35.7 Å². The van der Waals surface area contributed by atoms with Gasteiger partial charge in [0.05, 0.1) is 15.7 Å². The van der Waals surface area contributed by atoms with Crippen molar-refractivity contribution in [1.29, 1.82) is 0 Å². The number of carbonyl (C=O) groups excluding carboxylic acids is 1. The van der Waals surface area contributed by atoms with Gasteiger partial charge >= 0.3 is 0 Å². The second-order valence-corrected chi connectivity index (χ2v) is 5.85. The van der Waals surface area contributed by atoms with E-state index in [0.29, 0.717) is 16.3 Å². The third-order valence-corrected chi connectivity index (χ3v) is 4.22. The molecule has 24 heavy (non-hydrogen) atoms. The molecule has 0 saturated carbocycles. The summed E-state index contributed by atoms with van der Waals surface area (Å²) in [7, 11) is 0. The molecule has 0 unspecified atom stereocenters. The first-order valence-electron chi connectivity index (χ1n) is 7.10. The molecule has 0 atom stereocenters. The lowest BCUT2D eigenvalue weighted by Gasteiger charge is -2.05. The third-order valence-electron chi connectivity index (χ3n) is 3.41. The molecule has 0 fully saturated rings. The molecule has 0 aliphatic rings. The van der Waals surface area contributed by atoms with E-state index >= 15 is 0 Å². The molecule has 4 nitrogen and oxygen atoms in total. The summed E-state index contributed by atoms with van der Waals surface area (Å²) in [5, 5.41) is 4.13. The summed E-state index contributed by atoms with van der Waals surface area (Å²) in [6.45, 7) is 0. The predicted octanol–water partition coefficient (Wildman–Crippen LogP) is 4.49. The van der Waals surface area contributed by atoms with Crippen LogP contribution in [0.2, 0.25) is 10.0 Å². The van der Waals surface area contributed by atoms with Gasteiger partial charge in [0.1, 0.15) is 0 Å². The Morgan fingerprint density at radius 2 is 1.88 bits per heavy atom. The average molecular weight is 359 g/mol. The van der Waals surface area contributed by atoms with Crippen molar-refractivity contribution in [3.8, 4) is 0 Å². The number of hydrogen-bond acceptors (Lipinski definition) is 2. The summed E-state index contributed by atoms with van der Waals surface area (Å²) in [5.41, 5.74) is 1.28. The van der Waals surface area contributed by atoms with Crippen LogP contribution >= 0.6 is 23.2 Å². The van der Waals surface area contributed by atoms with E-state index in [4.69, 9.17) is 23.2 Å². The Labute approximate surface area is 147 Å². The summed E-state index contributed by atoms with van der Waals surface area (Å²) in [6.07, 6.45) is 2.73. The van der Waals surface area contributed by atoms with Crippen LogP contribution in [0.5, 0.6) is 0 Å². The predicted molar refractivity (Wildman–Crippen MR) is 98.7 cm³/mol. The standard InChI is InChI=1S/C18H12Cl2N2O2/c19-13-5-3-7-15(17(13)20)21-16(23)9-8-12-10-11-4-1-2-6-14(11)22-18(12)24/h1-10H,(H,21,23)(H,22,24)/b9-8+. The number of pyridine rings is 1. The quantitative estimate of drug-likeness (QED) is 0.677. The smallest absolute Gasteiger partial charge is 0.255 e. The van der Waals surface area contributed by atoms with Crippen LogP contribution in [0.1, 0.15) is 5.56 Å². The van der Waals surface area contributed by atoms with Crippen molar-refractivity contribution in [2.75, 3.05) is 5.32 Å². The molecule has 2 N–H and O–H groups in total. The first kappa shape index (κ1) is 16.3. The number of H-pyrrole nitrogens is 1. The minimum Gasteiger partial charge on any atom is -0.321 e. The molecule has 3 aromatic rings. The monoisotopic (exact) mass is 358 g/mol. The van der Waals surface area contributed by atoms with Gasteiger partial charge in [-0.3, -0.25) is 9.59 Å². The van der Waals surface area contributed by atoms with Crippen molar-refractivity contribution in [3.05, 3.63) is 80.6 Å². The summed E-state index contributed by atoms with van der Waals surface area (Å²) in [5.74, 6) is -0.410. The Kier molecular flexibility index (Phi) is 4.69. The second-order valence-electron chi connectivity index (χ2n) is 5.07. The average Bonchev–Trinajstić information content (AvgIpc) is 2.57. The fraction of sp³-hybridized carbons (Fsp3) is 0. The minimum absolute atomic E-state index is 0.265. The van der Waals surface area contributed by atoms with E-state index in [0.717, 1.165) is 10.9 Å². The zero-order valence-electron chi connectivity index (χ0n) is 12.3. The molecule has 0 bridgehead atoms. The SMILES string of the molecule is O=C(/C=C/c1cc2ccccc2[nH]c1=O)Nc1cccc(Cl)c1Cl. The summed E-state index contributed by atoms with van der Waals surface area (Å²) < 4.78 is 0. The van der Waals surface area contributed by atoms with Gasteiger partial charge in [0.2, 0.25) is 5.91 Å². The molecule has 2 aromatic carbocycles. The maximum absolute atomic E-state index is 12.0. The van der Waals surface area contributed by atoms with Crippen LogP contribution in [0, 0.1) is 0 Å². The molecule has 6 heteroatoms. The highest BCUT2D eigenvalue weighted by Gasteiger charge is 2.06. The molecule has 0 radical (unpaired) electrons. The van der Waals surface area contributed by atoms with Crippen LogP contribution in [0.15, 0.2) is 59.4 Å². The number of aromatic amines is 1. The molecular formula is C18H12Cl2N2O2. The number of amides is 1. The maximum Gasteiger partial charge on any atom is 0.255 e. The van der Waals surface area contributed by atoms with E-state index in [2.05, 4.69) is 10.3 Å². The third kappa shape index (κ3) is 3.50. The van der Waals surface area contributed by atoms with Gasteiger partial charge in [-0.25, -0.2) is 0 Å². The van der Waals surface area contributed by atoms with E-state index in [9.17, 15) is 9.59 Å². The van der Waals surface area contributed by atoms with Gasteiger partial charge in [0, 0.05) is 17.2 Å². The fourth-order valence-corrected chi connectivity index (χ4v) is 2.58. The van der Waals surface area contributed by atoms with E-state index in [1.54, 1.807) is 24.3 Å². The zero-order valence-corrected chi connectivity index (χ0v) is 13.9. The number of anilines is 1. The topological polar surface area (TPSA) is 62.0 Å². The second kappa shape index (κ2) is 6.91. The molecule has 0 aliphatic carbocycles. The van der Waals surface area contributed by atoms with Crippen molar-refractivity contribution in [1.82, 2.24) is 4.98 Å². The Morgan fingerprint density at radius 1 is 1.08 bits per heavy atom. The molecule has 1 aromatic heterocycles. The number of nitrogens with one attached hydrogen (secondary N) is 2. The number of carbonyl (C=O) groups is 1. The Balaban J connectivity index is 1.83. The lowest BCUT2D eigenvalue weighted by atomic mass is 10.1. The molecule has 0 saturated heterocycles. The lowest BCUT2D eigenvalue weighted by Crippen LogP contribution is -2.11. The summed E-state index contributed by atoms with van der Waals surface area (Å²) in [4.78, 5) is 26.8. The van der Waals surface area contributed by atoms with Crippen LogP contribution in [0.3, 0.4) is 0 Å². The number of fused-ring (bicyclic) bond motifs is 1. The Morgan fingerprint density at radius 3 is 2.71 bits per heavy atom. The normalized spacial score (nSPS) is 11.1. The Bertz CT molecular complexity index is 1010. The molecule has 1 amide bonds. The van der Waals surface area contributed by atoms with Gasteiger partial charge in [0.25, 0.3) is 5.56 Å². The minimum atomic E-state index is -0.410. The van der Waals surface area contributed by atoms with Crippen LogP contribution in [0.4, 0.5) is 5.69 Å². The number of para-hydroxylation sites is 1. The van der Waals surface area contributed by atoms with Gasteiger partial charge in [-0.2, -0.15) is 0 Å². The molecule has 0 aliphatic heterocycles. The first-order valence-corrected chi connectivity index (χ1v) is 7.85. The van der Waals surface area contributed by atoms with E-state index in [1.165, 1.54) is 12.2 Å². The van der Waals surface area contributed by atoms with Crippen LogP contribution in [0.25, 0.3) is 17.0 Å². The highest BCUT2D eigenvalue weighted by molar-refractivity contribution is 6.44.